The van der Waals surface area contributed by atoms with Crippen LogP contribution >= 0.6 is 23.1 Å². The lowest BCUT2D eigenvalue weighted by Crippen LogP contribution is -2.23. The van der Waals surface area contributed by atoms with Crippen LogP contribution in [0.3, 0.4) is 0 Å². The zero-order valence-corrected chi connectivity index (χ0v) is 12.1. The van der Waals surface area contributed by atoms with Crippen LogP contribution in [0.25, 0.3) is 0 Å². The van der Waals surface area contributed by atoms with Crippen LogP contribution in [-0.4, -0.2) is 24.9 Å². The minimum atomic E-state index is -0.163. The first kappa shape index (κ1) is 14.5. The minimum absolute atomic E-state index is 0.0787. The van der Waals surface area contributed by atoms with Gasteiger partial charge < -0.3 is 10.5 Å². The number of carbonyl (C=O) groups excluding carboxylic acids is 1. The van der Waals surface area contributed by atoms with Gasteiger partial charge in [-0.05, 0) is 30.9 Å². The van der Waals surface area contributed by atoms with Gasteiger partial charge in [-0.3, -0.25) is 4.79 Å². The molecule has 1 aromatic rings. The summed E-state index contributed by atoms with van der Waals surface area (Å²) in [6.45, 7) is 4.11. The Hall–Kier alpha value is -0.520. The van der Waals surface area contributed by atoms with E-state index in [1.165, 1.54) is 17.6 Å². The molecule has 0 aromatic carbocycles. The zero-order chi connectivity index (χ0) is 12.8. The van der Waals surface area contributed by atoms with E-state index in [1.807, 2.05) is 6.92 Å². The Bertz CT molecular complexity index is 363. The predicted octanol–water partition coefficient (Wildman–Crippen LogP) is 2.74. The molecule has 0 fully saturated rings. The van der Waals surface area contributed by atoms with Crippen LogP contribution in [0.15, 0.2) is 11.4 Å². The maximum Gasteiger partial charge on any atom is 0.306 e. The van der Waals surface area contributed by atoms with Crippen molar-refractivity contribution in [1.29, 1.82) is 0 Å². The second-order valence-electron chi connectivity index (χ2n) is 3.94. The molecule has 0 amide bonds. The van der Waals surface area contributed by atoms with Crippen LogP contribution in [0.4, 0.5) is 0 Å². The second-order valence-corrected chi connectivity index (χ2v) is 6.14. The molecule has 0 spiro atoms. The van der Waals surface area contributed by atoms with Gasteiger partial charge in [-0.1, -0.05) is 0 Å². The molecule has 5 heteroatoms. The lowest BCUT2D eigenvalue weighted by Gasteiger charge is -2.19. The molecule has 0 saturated heterocycles. The molecule has 2 N–H and O–H groups in total. The number of thiophene rings is 1. The largest absolute Gasteiger partial charge is 0.469 e. The topological polar surface area (TPSA) is 52.3 Å². The Kier molecular flexibility index (Phi) is 6.02. The summed E-state index contributed by atoms with van der Waals surface area (Å²) in [4.78, 5) is 12.4. The first-order chi connectivity index (χ1) is 8.06. The fraction of sp³-hybridized carbons (Fsp3) is 0.583. The van der Waals surface area contributed by atoms with Gasteiger partial charge in [-0.15, -0.1) is 11.3 Å². The van der Waals surface area contributed by atoms with E-state index in [-0.39, 0.29) is 17.3 Å². The van der Waals surface area contributed by atoms with Crippen molar-refractivity contribution in [3.05, 3.63) is 21.9 Å². The van der Waals surface area contributed by atoms with Gasteiger partial charge in [0.1, 0.15) is 0 Å². The Morgan fingerprint density at radius 1 is 1.65 bits per heavy atom. The van der Waals surface area contributed by atoms with E-state index < -0.39 is 0 Å². The quantitative estimate of drug-likeness (QED) is 0.810. The van der Waals surface area contributed by atoms with Crippen LogP contribution in [0, 0.1) is 6.92 Å². The first-order valence-corrected chi connectivity index (χ1v) is 7.47. The molecular formula is C12H19NO2S2. The fourth-order valence-corrected chi connectivity index (χ4v) is 4.08. The summed E-state index contributed by atoms with van der Waals surface area (Å²) in [6, 6.07) is 2.19. The van der Waals surface area contributed by atoms with Gasteiger partial charge in [-0.2, -0.15) is 11.8 Å². The van der Waals surface area contributed by atoms with Crippen LogP contribution in [-0.2, 0) is 9.53 Å². The van der Waals surface area contributed by atoms with Gasteiger partial charge in [-0.25, -0.2) is 0 Å². The Morgan fingerprint density at radius 2 is 2.35 bits per heavy atom. The van der Waals surface area contributed by atoms with Crippen molar-refractivity contribution in [2.24, 2.45) is 5.73 Å². The van der Waals surface area contributed by atoms with Crippen molar-refractivity contribution in [1.82, 2.24) is 0 Å². The number of carbonyl (C=O) groups is 1. The number of nitrogens with two attached hydrogens (primary N) is 1. The SMILES string of the molecule is COC(=O)CCSC(c1sccc1C)C(C)N. The minimum Gasteiger partial charge on any atom is -0.469 e. The van der Waals surface area contributed by atoms with Crippen molar-refractivity contribution in [3.8, 4) is 0 Å². The molecule has 0 aliphatic carbocycles. The highest BCUT2D eigenvalue weighted by molar-refractivity contribution is 7.99. The molecule has 1 aromatic heterocycles. The van der Waals surface area contributed by atoms with Crippen LogP contribution in [0.1, 0.15) is 29.0 Å². The van der Waals surface area contributed by atoms with E-state index in [4.69, 9.17) is 5.73 Å². The van der Waals surface area contributed by atoms with Gasteiger partial charge in [0, 0.05) is 16.7 Å². The van der Waals surface area contributed by atoms with Crippen molar-refractivity contribution in [2.75, 3.05) is 12.9 Å². The molecule has 17 heavy (non-hydrogen) atoms. The molecule has 1 heterocycles. The molecule has 96 valence electrons. The summed E-state index contributed by atoms with van der Waals surface area (Å²) < 4.78 is 4.63. The number of thioether (sulfide) groups is 1. The van der Waals surface area contributed by atoms with Crippen LogP contribution in [0.5, 0.6) is 0 Å². The standard InChI is InChI=1S/C12H19NO2S2/c1-8-4-6-16-11(8)12(9(2)13)17-7-5-10(14)15-3/h4,6,9,12H,5,7,13H2,1-3H3. The fourth-order valence-electron chi connectivity index (χ4n) is 1.51. The lowest BCUT2D eigenvalue weighted by molar-refractivity contribution is -0.140. The average molecular weight is 273 g/mol. The highest BCUT2D eigenvalue weighted by Gasteiger charge is 2.20. The number of esters is 1. The predicted molar refractivity (Wildman–Crippen MR) is 74.5 cm³/mol. The summed E-state index contributed by atoms with van der Waals surface area (Å²) in [5, 5.41) is 2.35. The van der Waals surface area contributed by atoms with Crippen molar-refractivity contribution >= 4 is 29.1 Å². The number of aryl methyl sites for hydroxylation is 1. The maximum atomic E-state index is 11.1. The van der Waals surface area contributed by atoms with Crippen molar-refractivity contribution in [2.45, 2.75) is 31.6 Å². The van der Waals surface area contributed by atoms with Gasteiger partial charge >= 0.3 is 5.97 Å². The third kappa shape index (κ3) is 4.33. The van der Waals surface area contributed by atoms with Crippen LogP contribution < -0.4 is 5.73 Å². The maximum absolute atomic E-state index is 11.1. The molecule has 0 saturated carbocycles. The number of hydrogen-bond acceptors (Lipinski definition) is 5. The Morgan fingerprint density at radius 3 is 2.82 bits per heavy atom. The smallest absolute Gasteiger partial charge is 0.306 e. The molecule has 0 aliphatic heterocycles. The van der Waals surface area contributed by atoms with Gasteiger partial charge in [0.15, 0.2) is 0 Å². The van der Waals surface area contributed by atoms with E-state index in [0.29, 0.717) is 6.42 Å². The number of methoxy groups -OCH3 is 1. The molecule has 0 radical (unpaired) electrons. The van der Waals surface area contributed by atoms with Gasteiger partial charge in [0.2, 0.25) is 0 Å². The van der Waals surface area contributed by atoms with E-state index >= 15 is 0 Å². The van der Waals surface area contributed by atoms with E-state index in [9.17, 15) is 4.79 Å². The third-order valence-electron chi connectivity index (χ3n) is 2.47. The zero-order valence-electron chi connectivity index (χ0n) is 10.4. The molecule has 2 unspecified atom stereocenters. The summed E-state index contributed by atoms with van der Waals surface area (Å²) in [5.74, 6) is 0.583. The van der Waals surface area contributed by atoms with Crippen LogP contribution in [0.2, 0.25) is 0 Å². The molecule has 2 atom stereocenters. The Balaban J connectivity index is 2.56. The summed E-state index contributed by atoms with van der Waals surface area (Å²) >= 11 is 3.46. The van der Waals surface area contributed by atoms with Crippen molar-refractivity contribution in [3.63, 3.8) is 0 Å². The monoisotopic (exact) mass is 273 g/mol. The van der Waals surface area contributed by atoms with E-state index in [0.717, 1.165) is 5.75 Å². The molecule has 1 rings (SSSR count). The Labute approximate surface area is 111 Å². The average Bonchev–Trinajstić information content (AvgIpc) is 2.70. The molecule has 3 nitrogen and oxygen atoms in total. The van der Waals surface area contributed by atoms with Crippen molar-refractivity contribution < 1.29 is 9.53 Å². The highest BCUT2D eigenvalue weighted by atomic mass is 32.2. The highest BCUT2D eigenvalue weighted by Crippen LogP contribution is 2.36. The molecule has 0 aliphatic rings. The van der Waals surface area contributed by atoms with Gasteiger partial charge in [0.25, 0.3) is 0 Å². The first-order valence-electron chi connectivity index (χ1n) is 5.54. The van der Waals surface area contributed by atoms with E-state index in [2.05, 4.69) is 23.1 Å². The third-order valence-corrected chi connectivity index (χ3v) is 5.18. The summed E-state index contributed by atoms with van der Waals surface area (Å²) in [5.41, 5.74) is 7.30. The summed E-state index contributed by atoms with van der Waals surface area (Å²) in [6.07, 6.45) is 0.439. The summed E-state index contributed by atoms with van der Waals surface area (Å²) in [7, 11) is 1.42. The normalized spacial score (nSPS) is 14.4. The number of ether oxygens (including phenoxy) is 1. The number of rotatable bonds is 6. The second kappa shape index (κ2) is 7.03. The molecule has 0 bridgehead atoms. The van der Waals surface area contributed by atoms with Gasteiger partial charge in [0.05, 0.1) is 18.8 Å². The number of hydrogen-bond donors (Lipinski definition) is 1. The van der Waals surface area contributed by atoms with E-state index in [1.54, 1.807) is 23.1 Å². The lowest BCUT2D eigenvalue weighted by atomic mass is 10.1. The molecular weight excluding hydrogens is 254 g/mol.